The van der Waals surface area contributed by atoms with Crippen LogP contribution in [0.5, 0.6) is 11.5 Å². The largest absolute Gasteiger partial charge is 0.493 e. The van der Waals surface area contributed by atoms with Crippen LogP contribution in [0, 0.1) is 5.92 Å². The van der Waals surface area contributed by atoms with Gasteiger partial charge in [0.15, 0.2) is 11.5 Å². The predicted octanol–water partition coefficient (Wildman–Crippen LogP) is 2.04. The van der Waals surface area contributed by atoms with Gasteiger partial charge in [0.1, 0.15) is 6.61 Å². The minimum absolute atomic E-state index is 0.344. The minimum Gasteiger partial charge on any atom is -0.493 e. The van der Waals surface area contributed by atoms with Gasteiger partial charge in [-0.25, -0.2) is 0 Å². The molecule has 1 aromatic carbocycles. The molecule has 2 fully saturated rings. The fraction of sp³-hybridized carbons (Fsp3) is 0.684. The molecule has 24 heavy (non-hydrogen) atoms. The molecule has 2 aliphatic heterocycles. The summed E-state index contributed by atoms with van der Waals surface area (Å²) in [6.07, 6.45) is 2.61. The highest BCUT2D eigenvalue weighted by molar-refractivity contribution is 5.44. The van der Waals surface area contributed by atoms with E-state index in [4.69, 9.17) is 9.47 Å². The fourth-order valence-electron chi connectivity index (χ4n) is 3.48. The van der Waals surface area contributed by atoms with Crippen LogP contribution in [-0.4, -0.2) is 57.9 Å². The molecule has 1 aromatic rings. The van der Waals surface area contributed by atoms with Crippen molar-refractivity contribution in [1.29, 1.82) is 0 Å². The standard InChI is InChI=1S/C19H31N3O2/c1-15-5-9-22(10-6-15)11-12-24-18-4-3-16(13-19(18)23-2)17-14-20-7-8-21-17/h3-4,13,15,17,20-21H,5-12,14H2,1-2H3/t17-/m1/s1. The Balaban J connectivity index is 1.53. The average molecular weight is 333 g/mol. The Kier molecular flexibility index (Phi) is 6.35. The molecule has 2 N–H and O–H groups in total. The Bertz CT molecular complexity index is 509. The Labute approximate surface area is 145 Å². The van der Waals surface area contributed by atoms with E-state index in [2.05, 4.69) is 34.6 Å². The second-order valence-electron chi connectivity index (χ2n) is 6.99. The van der Waals surface area contributed by atoms with Crippen LogP contribution in [0.25, 0.3) is 0 Å². The summed E-state index contributed by atoms with van der Waals surface area (Å²) in [5.41, 5.74) is 1.25. The lowest BCUT2D eigenvalue weighted by Gasteiger charge is -2.30. The number of rotatable bonds is 6. The Morgan fingerprint density at radius 1 is 1.17 bits per heavy atom. The zero-order valence-corrected chi connectivity index (χ0v) is 15.0. The number of ether oxygens (including phenoxy) is 2. The summed E-state index contributed by atoms with van der Waals surface area (Å²) < 4.78 is 11.5. The lowest BCUT2D eigenvalue weighted by molar-refractivity contribution is 0.158. The van der Waals surface area contributed by atoms with E-state index in [-0.39, 0.29) is 0 Å². The smallest absolute Gasteiger partial charge is 0.161 e. The van der Waals surface area contributed by atoms with Crippen molar-refractivity contribution in [2.45, 2.75) is 25.8 Å². The number of piperidine rings is 1. The summed E-state index contributed by atoms with van der Waals surface area (Å²) >= 11 is 0. The number of nitrogens with one attached hydrogen (secondary N) is 2. The molecule has 2 heterocycles. The van der Waals surface area contributed by atoms with Crippen molar-refractivity contribution in [2.75, 3.05) is 53.0 Å². The van der Waals surface area contributed by atoms with Gasteiger partial charge in [0.2, 0.25) is 0 Å². The second-order valence-corrected chi connectivity index (χ2v) is 6.99. The molecule has 0 spiro atoms. The first-order valence-electron chi connectivity index (χ1n) is 9.23. The van der Waals surface area contributed by atoms with Crippen molar-refractivity contribution >= 4 is 0 Å². The highest BCUT2D eigenvalue weighted by Gasteiger charge is 2.18. The van der Waals surface area contributed by atoms with Crippen LogP contribution in [0.2, 0.25) is 0 Å². The molecule has 0 unspecified atom stereocenters. The van der Waals surface area contributed by atoms with Gasteiger partial charge in [-0.05, 0) is 49.5 Å². The molecule has 0 bridgehead atoms. The molecular weight excluding hydrogens is 302 g/mol. The molecule has 2 aliphatic rings. The number of methoxy groups -OCH3 is 1. The average Bonchev–Trinajstić information content (AvgIpc) is 2.64. The number of benzene rings is 1. The van der Waals surface area contributed by atoms with Crippen molar-refractivity contribution in [3.8, 4) is 11.5 Å². The van der Waals surface area contributed by atoms with Crippen LogP contribution >= 0.6 is 0 Å². The van der Waals surface area contributed by atoms with Crippen molar-refractivity contribution < 1.29 is 9.47 Å². The maximum absolute atomic E-state index is 6.00. The molecule has 0 radical (unpaired) electrons. The molecule has 1 atom stereocenters. The van der Waals surface area contributed by atoms with Crippen molar-refractivity contribution in [1.82, 2.24) is 15.5 Å². The Hall–Kier alpha value is -1.30. The SMILES string of the molecule is COc1cc([C@H]2CNCCN2)ccc1OCCN1CCC(C)CC1. The number of hydrogen-bond acceptors (Lipinski definition) is 5. The molecule has 0 saturated carbocycles. The number of nitrogens with zero attached hydrogens (tertiary/aromatic N) is 1. The maximum Gasteiger partial charge on any atom is 0.161 e. The zero-order chi connectivity index (χ0) is 16.8. The Morgan fingerprint density at radius 3 is 2.71 bits per heavy atom. The zero-order valence-electron chi connectivity index (χ0n) is 15.0. The molecule has 0 aliphatic carbocycles. The monoisotopic (exact) mass is 333 g/mol. The summed E-state index contributed by atoms with van der Waals surface area (Å²) in [5, 5.41) is 6.95. The van der Waals surface area contributed by atoms with E-state index >= 15 is 0 Å². The number of piperazine rings is 1. The van der Waals surface area contributed by atoms with Gasteiger partial charge in [-0.3, -0.25) is 4.90 Å². The van der Waals surface area contributed by atoms with Gasteiger partial charge in [-0.1, -0.05) is 13.0 Å². The quantitative estimate of drug-likeness (QED) is 0.834. The third-order valence-electron chi connectivity index (χ3n) is 5.17. The molecule has 3 rings (SSSR count). The first kappa shape index (κ1) is 17.5. The van der Waals surface area contributed by atoms with E-state index in [9.17, 15) is 0 Å². The molecule has 0 aromatic heterocycles. The lowest BCUT2D eigenvalue weighted by Crippen LogP contribution is -2.42. The highest BCUT2D eigenvalue weighted by Crippen LogP contribution is 2.30. The molecule has 5 heteroatoms. The van der Waals surface area contributed by atoms with E-state index in [1.807, 2.05) is 6.07 Å². The molecule has 2 saturated heterocycles. The topological polar surface area (TPSA) is 45.8 Å². The summed E-state index contributed by atoms with van der Waals surface area (Å²) in [6.45, 7) is 9.43. The summed E-state index contributed by atoms with van der Waals surface area (Å²) in [4.78, 5) is 2.50. The third kappa shape index (κ3) is 4.62. The van der Waals surface area contributed by atoms with Crippen LogP contribution in [0.1, 0.15) is 31.4 Å². The van der Waals surface area contributed by atoms with E-state index in [0.29, 0.717) is 12.6 Å². The second kappa shape index (κ2) is 8.70. The number of likely N-dealkylation sites (tertiary alicyclic amines) is 1. The van der Waals surface area contributed by atoms with E-state index in [1.165, 1.54) is 31.5 Å². The van der Waals surface area contributed by atoms with Crippen LogP contribution in [0.15, 0.2) is 18.2 Å². The van der Waals surface area contributed by atoms with Gasteiger partial charge in [0.25, 0.3) is 0 Å². The van der Waals surface area contributed by atoms with Gasteiger partial charge in [0, 0.05) is 32.2 Å². The van der Waals surface area contributed by atoms with Gasteiger partial charge >= 0.3 is 0 Å². The lowest BCUT2D eigenvalue weighted by atomic mass is 9.99. The minimum atomic E-state index is 0.344. The van der Waals surface area contributed by atoms with Crippen LogP contribution < -0.4 is 20.1 Å². The maximum atomic E-state index is 6.00. The molecule has 0 amide bonds. The van der Waals surface area contributed by atoms with E-state index in [1.54, 1.807) is 7.11 Å². The highest BCUT2D eigenvalue weighted by atomic mass is 16.5. The van der Waals surface area contributed by atoms with Gasteiger partial charge in [-0.2, -0.15) is 0 Å². The van der Waals surface area contributed by atoms with Gasteiger partial charge < -0.3 is 20.1 Å². The summed E-state index contributed by atoms with van der Waals surface area (Å²) in [7, 11) is 1.71. The Morgan fingerprint density at radius 2 is 2.00 bits per heavy atom. The van der Waals surface area contributed by atoms with E-state index in [0.717, 1.165) is 43.6 Å². The summed E-state index contributed by atoms with van der Waals surface area (Å²) in [6, 6.07) is 6.63. The van der Waals surface area contributed by atoms with Crippen molar-refractivity contribution in [3.63, 3.8) is 0 Å². The molecular formula is C19H31N3O2. The third-order valence-corrected chi connectivity index (χ3v) is 5.17. The molecule has 5 nitrogen and oxygen atoms in total. The van der Waals surface area contributed by atoms with Crippen LogP contribution in [-0.2, 0) is 0 Å². The van der Waals surface area contributed by atoms with Crippen molar-refractivity contribution in [3.05, 3.63) is 23.8 Å². The normalized spacial score (nSPS) is 23.2. The molecule has 134 valence electrons. The van der Waals surface area contributed by atoms with E-state index < -0.39 is 0 Å². The fourth-order valence-corrected chi connectivity index (χ4v) is 3.48. The van der Waals surface area contributed by atoms with Gasteiger partial charge in [0.05, 0.1) is 7.11 Å². The van der Waals surface area contributed by atoms with Gasteiger partial charge in [-0.15, -0.1) is 0 Å². The van der Waals surface area contributed by atoms with Crippen molar-refractivity contribution in [2.24, 2.45) is 5.92 Å². The first-order chi connectivity index (χ1) is 11.8. The van der Waals surface area contributed by atoms with Crippen LogP contribution in [0.4, 0.5) is 0 Å². The first-order valence-corrected chi connectivity index (χ1v) is 9.23. The number of hydrogen-bond donors (Lipinski definition) is 2. The predicted molar refractivity (Wildman–Crippen MR) is 96.9 cm³/mol. The summed E-state index contributed by atoms with van der Waals surface area (Å²) in [5.74, 6) is 2.54. The van der Waals surface area contributed by atoms with Crippen LogP contribution in [0.3, 0.4) is 0 Å².